The average Bonchev–Trinajstić information content (AvgIpc) is 3.30. The average molecular weight is 499 g/mol. The summed E-state index contributed by atoms with van der Waals surface area (Å²) in [6.45, 7) is 6.42. The highest BCUT2D eigenvalue weighted by atomic mass is 32.2. The van der Waals surface area contributed by atoms with Crippen LogP contribution in [0.4, 0.5) is 11.9 Å². The highest BCUT2D eigenvalue weighted by molar-refractivity contribution is 7.99. The van der Waals surface area contributed by atoms with Gasteiger partial charge in [-0.15, -0.1) is 10.2 Å². The molecule has 186 valence electrons. The fourth-order valence-electron chi connectivity index (χ4n) is 4.00. The number of nitrogens with zero attached hydrogens (tertiary/aromatic N) is 6. The summed E-state index contributed by atoms with van der Waals surface area (Å²) < 4.78 is 6.89. The number of piperidine rings is 1. The molecule has 1 fully saturated rings. The Morgan fingerprint density at radius 3 is 2.43 bits per heavy atom. The first-order valence-corrected chi connectivity index (χ1v) is 12.7. The van der Waals surface area contributed by atoms with E-state index in [0.717, 1.165) is 5.75 Å². The van der Waals surface area contributed by atoms with E-state index in [-0.39, 0.29) is 23.4 Å². The molecule has 3 heterocycles. The quantitative estimate of drug-likeness (QED) is 0.318. The van der Waals surface area contributed by atoms with E-state index in [4.69, 9.17) is 4.74 Å². The number of benzene rings is 1. The van der Waals surface area contributed by atoms with Crippen LogP contribution < -0.4 is 15.4 Å². The van der Waals surface area contributed by atoms with E-state index < -0.39 is 0 Å². The molecule has 12 heteroatoms. The smallest absolute Gasteiger partial charge is 0.261 e. The summed E-state index contributed by atoms with van der Waals surface area (Å²) in [7, 11) is 1.60. The van der Waals surface area contributed by atoms with Crippen LogP contribution in [0.3, 0.4) is 0 Å². The monoisotopic (exact) mass is 498 g/mol. The third-order valence-electron chi connectivity index (χ3n) is 5.83. The summed E-state index contributed by atoms with van der Waals surface area (Å²) in [6, 6.07) is 7.19. The lowest BCUT2D eigenvalue weighted by Gasteiger charge is -2.31. The number of likely N-dealkylation sites (tertiary alicyclic amines) is 1. The van der Waals surface area contributed by atoms with E-state index in [9.17, 15) is 9.59 Å². The maximum absolute atomic E-state index is 12.9. The van der Waals surface area contributed by atoms with Gasteiger partial charge in [0.05, 0.1) is 12.9 Å². The van der Waals surface area contributed by atoms with Crippen molar-refractivity contribution in [3.8, 4) is 5.75 Å². The first kappa shape index (κ1) is 24.7. The molecular formula is C23H30N8O3S. The zero-order valence-electron chi connectivity index (χ0n) is 20.2. The number of nitrogens with one attached hydrogen (secondary N) is 2. The van der Waals surface area contributed by atoms with Crippen LogP contribution >= 0.6 is 11.8 Å². The van der Waals surface area contributed by atoms with E-state index in [1.165, 1.54) is 11.8 Å². The maximum Gasteiger partial charge on any atom is 0.261 e. The zero-order chi connectivity index (χ0) is 24.8. The molecule has 2 N–H and O–H groups in total. The van der Waals surface area contributed by atoms with Gasteiger partial charge >= 0.3 is 0 Å². The van der Waals surface area contributed by atoms with Crippen LogP contribution in [-0.2, 0) is 4.79 Å². The normalized spacial score (nSPS) is 14.2. The Morgan fingerprint density at radius 1 is 1.06 bits per heavy atom. The van der Waals surface area contributed by atoms with Gasteiger partial charge in [0, 0.05) is 37.7 Å². The molecule has 1 aliphatic heterocycles. The number of carbonyl (C=O) groups excluding carboxylic acids is 2. The van der Waals surface area contributed by atoms with Gasteiger partial charge in [-0.3, -0.25) is 9.59 Å². The molecule has 0 unspecified atom stereocenters. The number of rotatable bonds is 10. The molecule has 0 radical (unpaired) electrons. The standard InChI is InChI=1S/C23H30N8O3S/c1-4-24-20-26-21(25-5-2)31-22(27-20)28-29-23(31)35-14-18(32)30-12-10-16(11-13-30)19(33)15-6-8-17(34-3)9-7-15/h6-9,16H,4-5,10-14H2,1-3H3,(H2,24,25,26,27,28). The Kier molecular flexibility index (Phi) is 8.01. The number of hydrogen-bond acceptors (Lipinski definition) is 10. The largest absolute Gasteiger partial charge is 0.497 e. The molecule has 35 heavy (non-hydrogen) atoms. The molecule has 1 aliphatic rings. The van der Waals surface area contributed by atoms with Crippen molar-refractivity contribution in [2.75, 3.05) is 49.7 Å². The first-order valence-electron chi connectivity index (χ1n) is 11.7. The van der Waals surface area contributed by atoms with Gasteiger partial charge in [0.1, 0.15) is 5.75 Å². The number of amides is 1. The Morgan fingerprint density at radius 2 is 1.77 bits per heavy atom. The van der Waals surface area contributed by atoms with Crippen molar-refractivity contribution in [2.24, 2.45) is 5.92 Å². The minimum Gasteiger partial charge on any atom is -0.497 e. The number of carbonyl (C=O) groups is 2. The van der Waals surface area contributed by atoms with Gasteiger partial charge < -0.3 is 20.3 Å². The lowest BCUT2D eigenvalue weighted by atomic mass is 9.89. The minimum atomic E-state index is -0.0775. The van der Waals surface area contributed by atoms with Gasteiger partial charge in [0.15, 0.2) is 10.9 Å². The van der Waals surface area contributed by atoms with E-state index >= 15 is 0 Å². The van der Waals surface area contributed by atoms with Crippen LogP contribution in [0.25, 0.3) is 5.78 Å². The van der Waals surface area contributed by atoms with Gasteiger partial charge in [0.25, 0.3) is 5.78 Å². The number of methoxy groups -OCH3 is 1. The number of ketones is 1. The molecule has 0 atom stereocenters. The second kappa shape index (κ2) is 11.3. The number of ether oxygens (including phenoxy) is 1. The Balaban J connectivity index is 1.35. The van der Waals surface area contributed by atoms with Crippen LogP contribution in [0.5, 0.6) is 5.75 Å². The molecule has 0 spiro atoms. The van der Waals surface area contributed by atoms with Crippen molar-refractivity contribution < 1.29 is 14.3 Å². The van der Waals surface area contributed by atoms with Crippen LogP contribution in [0.15, 0.2) is 29.4 Å². The fourth-order valence-corrected chi connectivity index (χ4v) is 4.83. The van der Waals surface area contributed by atoms with Crippen molar-refractivity contribution in [2.45, 2.75) is 31.8 Å². The Bertz CT molecular complexity index is 1180. The molecule has 2 aromatic heterocycles. The van der Waals surface area contributed by atoms with Crippen molar-refractivity contribution >= 4 is 41.1 Å². The second-order valence-corrected chi connectivity index (χ2v) is 9.03. The Labute approximate surface area is 208 Å². The molecule has 1 amide bonds. The number of fused-ring (bicyclic) bond motifs is 1. The third-order valence-corrected chi connectivity index (χ3v) is 6.75. The molecule has 1 saturated heterocycles. The maximum atomic E-state index is 12.9. The molecule has 0 saturated carbocycles. The lowest BCUT2D eigenvalue weighted by Crippen LogP contribution is -2.41. The number of aromatic nitrogens is 5. The van der Waals surface area contributed by atoms with Crippen LogP contribution in [-0.4, -0.2) is 80.2 Å². The Hall–Kier alpha value is -3.41. The summed E-state index contributed by atoms with van der Waals surface area (Å²) in [6.07, 6.45) is 1.31. The number of hydrogen-bond donors (Lipinski definition) is 2. The van der Waals surface area contributed by atoms with Crippen LogP contribution in [0.2, 0.25) is 0 Å². The number of anilines is 2. The topological polar surface area (TPSA) is 127 Å². The fraction of sp³-hybridized carbons (Fsp3) is 0.478. The summed E-state index contributed by atoms with van der Waals surface area (Å²) >= 11 is 1.30. The van der Waals surface area contributed by atoms with Crippen molar-refractivity contribution in [3.05, 3.63) is 29.8 Å². The van der Waals surface area contributed by atoms with Gasteiger partial charge in [-0.1, -0.05) is 11.8 Å². The SMILES string of the molecule is CCNc1nc(NCC)n2c(SCC(=O)N3CCC(C(=O)c4ccc(OC)cc4)CC3)nnc2n1. The number of thioether (sulfide) groups is 1. The molecular weight excluding hydrogens is 468 g/mol. The molecule has 3 aromatic rings. The molecule has 1 aromatic carbocycles. The van der Waals surface area contributed by atoms with Crippen LogP contribution in [0, 0.1) is 5.92 Å². The van der Waals surface area contributed by atoms with Crippen molar-refractivity contribution in [1.29, 1.82) is 0 Å². The second-order valence-electron chi connectivity index (χ2n) is 8.09. The third kappa shape index (κ3) is 5.64. The summed E-state index contributed by atoms with van der Waals surface area (Å²) in [5.74, 6) is 2.47. The van der Waals surface area contributed by atoms with Crippen molar-refractivity contribution in [3.63, 3.8) is 0 Å². The van der Waals surface area contributed by atoms with E-state index in [1.54, 1.807) is 35.8 Å². The molecule has 0 aliphatic carbocycles. The number of Topliss-reactive ketones (excluding diaryl/α,β-unsaturated/α-hetero) is 1. The first-order chi connectivity index (χ1) is 17.0. The predicted molar refractivity (Wildman–Crippen MR) is 134 cm³/mol. The zero-order valence-corrected chi connectivity index (χ0v) is 21.0. The summed E-state index contributed by atoms with van der Waals surface area (Å²) in [4.78, 5) is 36.4. The molecule has 4 rings (SSSR count). The van der Waals surface area contributed by atoms with E-state index in [0.29, 0.717) is 67.4 Å². The lowest BCUT2D eigenvalue weighted by molar-refractivity contribution is -0.129. The summed E-state index contributed by atoms with van der Waals surface area (Å²) in [5.41, 5.74) is 0.681. The predicted octanol–water partition coefficient (Wildman–Crippen LogP) is 2.61. The van der Waals surface area contributed by atoms with Gasteiger partial charge in [-0.05, 0) is 51.0 Å². The highest BCUT2D eigenvalue weighted by Gasteiger charge is 2.28. The van der Waals surface area contributed by atoms with Gasteiger partial charge in [-0.25, -0.2) is 4.40 Å². The highest BCUT2D eigenvalue weighted by Crippen LogP contribution is 2.25. The molecule has 11 nitrogen and oxygen atoms in total. The minimum absolute atomic E-state index is 0.0114. The van der Waals surface area contributed by atoms with Crippen molar-refractivity contribution in [1.82, 2.24) is 29.5 Å². The van der Waals surface area contributed by atoms with Crippen LogP contribution in [0.1, 0.15) is 37.0 Å². The van der Waals surface area contributed by atoms with Gasteiger partial charge in [0.2, 0.25) is 17.8 Å². The van der Waals surface area contributed by atoms with Gasteiger partial charge in [-0.2, -0.15) is 9.97 Å². The summed E-state index contributed by atoms with van der Waals surface area (Å²) in [5, 5.41) is 15.2. The van der Waals surface area contributed by atoms with E-state index in [2.05, 4.69) is 30.8 Å². The molecule has 0 bridgehead atoms. The van der Waals surface area contributed by atoms with E-state index in [1.807, 2.05) is 18.7 Å².